The van der Waals surface area contributed by atoms with E-state index in [1.54, 1.807) is 0 Å². The van der Waals surface area contributed by atoms with Gasteiger partial charge in [-0.25, -0.2) is 17.2 Å². The van der Waals surface area contributed by atoms with Crippen molar-refractivity contribution >= 4 is 28.3 Å². The molecule has 1 aliphatic heterocycles. The number of aliphatic imine (C=N–C) groups is 1. The summed E-state index contributed by atoms with van der Waals surface area (Å²) in [6, 6.07) is 4.45. The van der Waals surface area contributed by atoms with Crippen molar-refractivity contribution in [2.45, 2.75) is 56.1 Å². The van der Waals surface area contributed by atoms with Crippen molar-refractivity contribution in [2.24, 2.45) is 4.99 Å². The van der Waals surface area contributed by atoms with E-state index in [9.17, 15) is 35.2 Å². The molecular weight excluding hydrogens is 531 g/mol. The lowest BCUT2D eigenvalue weighted by molar-refractivity contribution is -0.124. The zero-order chi connectivity index (χ0) is 28.3. The quantitative estimate of drug-likeness (QED) is 0.293. The van der Waals surface area contributed by atoms with Crippen LogP contribution in [0.5, 0.6) is 0 Å². The highest BCUT2D eigenvalue weighted by Gasteiger charge is 2.49. The predicted octanol–water partition coefficient (Wildman–Crippen LogP) is 4.58. The summed E-state index contributed by atoms with van der Waals surface area (Å²) in [5.74, 6) is -1.42. The molecular formula is C25H25F5N4O3S. The molecule has 3 atom stereocenters. The third kappa shape index (κ3) is 6.51. The second kappa shape index (κ2) is 11.5. The van der Waals surface area contributed by atoms with Crippen LogP contribution in [0.15, 0.2) is 70.2 Å². The molecule has 1 saturated heterocycles. The first-order valence-electron chi connectivity index (χ1n) is 11.3. The number of allylic oxidation sites excluding steroid dienone is 3. The number of nitrogens with zero attached hydrogens (tertiary/aromatic N) is 3. The molecule has 0 bridgehead atoms. The van der Waals surface area contributed by atoms with Crippen LogP contribution in [-0.2, 0) is 21.4 Å². The van der Waals surface area contributed by atoms with Crippen LogP contribution in [0.25, 0.3) is 5.70 Å². The predicted molar refractivity (Wildman–Crippen MR) is 132 cm³/mol. The van der Waals surface area contributed by atoms with Crippen molar-refractivity contribution in [1.82, 2.24) is 14.6 Å². The van der Waals surface area contributed by atoms with Gasteiger partial charge >= 0.3 is 6.18 Å². The molecule has 0 aliphatic carbocycles. The molecule has 0 saturated carbocycles. The third-order valence-electron chi connectivity index (χ3n) is 6.04. The summed E-state index contributed by atoms with van der Waals surface area (Å²) in [7, 11) is -4.32. The Hall–Kier alpha value is -3.45. The van der Waals surface area contributed by atoms with Gasteiger partial charge in [0.1, 0.15) is 18.0 Å². The third-order valence-corrected chi connectivity index (χ3v) is 8.05. The van der Waals surface area contributed by atoms with Gasteiger partial charge in [-0.2, -0.15) is 17.5 Å². The van der Waals surface area contributed by atoms with E-state index in [0.717, 1.165) is 47.6 Å². The molecule has 2 aromatic rings. The average Bonchev–Trinajstić information content (AvgIpc) is 3.17. The number of amides is 1. The van der Waals surface area contributed by atoms with E-state index < -0.39 is 51.8 Å². The smallest absolute Gasteiger partial charge is 0.349 e. The van der Waals surface area contributed by atoms with Gasteiger partial charge in [0.15, 0.2) is 0 Å². The van der Waals surface area contributed by atoms with Gasteiger partial charge in [-0.05, 0) is 63.0 Å². The number of carbonyl (C=O) groups is 1. The Morgan fingerprint density at radius 3 is 2.50 bits per heavy atom. The average molecular weight is 557 g/mol. The van der Waals surface area contributed by atoms with E-state index in [4.69, 9.17) is 0 Å². The maximum atomic E-state index is 14.6. The molecule has 7 nitrogen and oxygen atoms in total. The first kappa shape index (κ1) is 29.1. The Labute approximate surface area is 216 Å². The number of hydrogen-bond acceptors (Lipinski definition) is 5. The fourth-order valence-electron chi connectivity index (χ4n) is 3.86. The normalized spacial score (nSPS) is 21.4. The fourth-order valence-corrected chi connectivity index (χ4v) is 5.67. The molecule has 1 fully saturated rings. The molecule has 0 radical (unpaired) electrons. The standard InChI is InChI=1S/C25H25F5N4O3S/c1-15(25(28,29)30)4-9-22(31-3)17-10-11-32-19(12-17)14-33-24(35)23-13-21(27)16(2)34(23)38(36,37)20-7-5-18(26)6-8-20/h4-12,16,21,23H,3,13-14H2,1-2H3,(H,33,35)/b15-4+,22-9-/t16-,21+,23-/m0/s1. The van der Waals surface area contributed by atoms with Crippen molar-refractivity contribution in [2.75, 3.05) is 0 Å². The monoisotopic (exact) mass is 556 g/mol. The van der Waals surface area contributed by atoms with Crippen molar-refractivity contribution in [3.63, 3.8) is 0 Å². The van der Waals surface area contributed by atoms with Crippen LogP contribution in [0.1, 0.15) is 31.5 Å². The lowest BCUT2D eigenvalue weighted by Crippen LogP contribution is -2.48. The maximum Gasteiger partial charge on any atom is 0.412 e. The Morgan fingerprint density at radius 1 is 1.24 bits per heavy atom. The zero-order valence-corrected chi connectivity index (χ0v) is 21.2. The van der Waals surface area contributed by atoms with Crippen LogP contribution in [0, 0.1) is 5.82 Å². The van der Waals surface area contributed by atoms with Crippen molar-refractivity contribution in [3.8, 4) is 0 Å². The topological polar surface area (TPSA) is 91.7 Å². The van der Waals surface area contributed by atoms with Gasteiger partial charge in [0.05, 0.1) is 28.9 Å². The van der Waals surface area contributed by atoms with Gasteiger partial charge in [-0.3, -0.25) is 14.8 Å². The van der Waals surface area contributed by atoms with Crippen molar-refractivity contribution < 1.29 is 35.2 Å². The van der Waals surface area contributed by atoms with Crippen molar-refractivity contribution in [1.29, 1.82) is 0 Å². The van der Waals surface area contributed by atoms with E-state index in [-0.39, 0.29) is 29.3 Å². The molecule has 3 rings (SSSR count). The minimum Gasteiger partial charge on any atom is -0.349 e. The van der Waals surface area contributed by atoms with E-state index in [1.165, 1.54) is 25.3 Å². The van der Waals surface area contributed by atoms with Crippen LogP contribution in [-0.4, -0.2) is 54.8 Å². The van der Waals surface area contributed by atoms with Gasteiger partial charge in [-0.15, -0.1) is 0 Å². The lowest BCUT2D eigenvalue weighted by Gasteiger charge is -2.26. The van der Waals surface area contributed by atoms with E-state index >= 15 is 0 Å². The summed E-state index contributed by atoms with van der Waals surface area (Å²) in [4.78, 5) is 20.5. The number of halogens is 5. The van der Waals surface area contributed by atoms with Crippen LogP contribution in [0.3, 0.4) is 0 Å². The molecule has 2 heterocycles. The van der Waals surface area contributed by atoms with Gasteiger partial charge in [-0.1, -0.05) is 6.08 Å². The maximum absolute atomic E-state index is 14.6. The molecule has 0 spiro atoms. The van der Waals surface area contributed by atoms with Crippen LogP contribution < -0.4 is 5.32 Å². The number of carbonyl (C=O) groups excluding carboxylic acids is 1. The number of sulfonamides is 1. The van der Waals surface area contributed by atoms with Crippen LogP contribution >= 0.6 is 0 Å². The van der Waals surface area contributed by atoms with E-state index in [0.29, 0.717) is 5.56 Å². The Balaban J connectivity index is 1.79. The first-order chi connectivity index (χ1) is 17.8. The second-order valence-corrected chi connectivity index (χ2v) is 10.5. The fraction of sp³-hybridized carbons (Fsp3) is 0.320. The summed E-state index contributed by atoms with van der Waals surface area (Å²) in [5, 5.41) is 2.54. The molecule has 1 N–H and O–H groups in total. The number of rotatable bonds is 8. The molecule has 1 aromatic heterocycles. The molecule has 204 valence electrons. The largest absolute Gasteiger partial charge is 0.412 e. The van der Waals surface area contributed by atoms with E-state index in [1.807, 2.05) is 0 Å². The zero-order valence-electron chi connectivity index (χ0n) is 20.4. The van der Waals surface area contributed by atoms with Crippen molar-refractivity contribution in [3.05, 3.63) is 77.4 Å². The number of pyridine rings is 1. The molecule has 1 aromatic carbocycles. The molecule has 38 heavy (non-hydrogen) atoms. The summed E-state index contributed by atoms with van der Waals surface area (Å²) in [6.07, 6.45) is -3.12. The second-order valence-electron chi connectivity index (χ2n) is 8.61. The highest BCUT2D eigenvalue weighted by molar-refractivity contribution is 7.89. The molecule has 1 amide bonds. The molecule has 1 aliphatic rings. The van der Waals surface area contributed by atoms with E-state index in [2.05, 4.69) is 22.0 Å². The number of benzene rings is 1. The van der Waals surface area contributed by atoms with Crippen LogP contribution in [0.2, 0.25) is 0 Å². The van der Waals surface area contributed by atoms with Gasteiger partial charge in [0.25, 0.3) is 0 Å². The van der Waals surface area contributed by atoms with Gasteiger partial charge in [0, 0.05) is 23.8 Å². The summed E-state index contributed by atoms with van der Waals surface area (Å²) in [5.41, 5.74) is -0.0377. The number of alkyl halides is 4. The molecule has 0 unspecified atom stereocenters. The minimum absolute atomic E-state index is 0.130. The van der Waals surface area contributed by atoms with Gasteiger partial charge < -0.3 is 5.32 Å². The Bertz CT molecular complexity index is 1360. The number of hydrogen-bond donors (Lipinski definition) is 1. The summed E-state index contributed by atoms with van der Waals surface area (Å²) in [6.45, 7) is 5.45. The SMILES string of the molecule is C=N/C(=C\C=C(/C)C(F)(F)F)c1ccnc(CNC(=O)[C@@H]2C[C@@H](F)[C@H](C)N2S(=O)(=O)c2ccc(F)cc2)c1. The summed E-state index contributed by atoms with van der Waals surface area (Å²) >= 11 is 0. The number of aromatic nitrogens is 1. The van der Waals surface area contributed by atoms with Gasteiger partial charge in [0.2, 0.25) is 15.9 Å². The Kier molecular flexibility index (Phi) is 8.82. The highest BCUT2D eigenvalue weighted by Crippen LogP contribution is 2.33. The first-order valence-corrected chi connectivity index (χ1v) is 12.8. The summed E-state index contributed by atoms with van der Waals surface area (Å²) < 4.78 is 93.3. The van der Waals surface area contributed by atoms with Crippen LogP contribution in [0.4, 0.5) is 22.0 Å². The minimum atomic E-state index is -4.50. The Morgan fingerprint density at radius 2 is 1.89 bits per heavy atom. The molecule has 13 heteroatoms. The lowest BCUT2D eigenvalue weighted by atomic mass is 10.1. The highest BCUT2D eigenvalue weighted by atomic mass is 32.2. The number of nitrogens with one attached hydrogen (secondary N) is 1.